The second-order valence-electron chi connectivity index (χ2n) is 26.3. The first-order chi connectivity index (χ1) is 50.9. The van der Waals surface area contributed by atoms with Crippen molar-refractivity contribution in [1.82, 2.24) is 29.3 Å². The van der Waals surface area contributed by atoms with Crippen LogP contribution in [0.5, 0.6) is 23.0 Å². The first-order valence-electron chi connectivity index (χ1n) is 36.0. The lowest BCUT2D eigenvalue weighted by molar-refractivity contribution is -0.0765. The average Bonchev–Trinajstić information content (AvgIpc) is 1.34. The summed E-state index contributed by atoms with van der Waals surface area (Å²) < 4.78 is 44.6. The molecule has 15 nitrogen and oxygen atoms in total. The van der Waals surface area contributed by atoms with Crippen LogP contribution in [0.2, 0.25) is 0 Å². The Morgan fingerprint density at radius 2 is 1.04 bits per heavy atom. The summed E-state index contributed by atoms with van der Waals surface area (Å²) in [5, 5.41) is 20.7. The number of benzene rings is 7. The van der Waals surface area contributed by atoms with Crippen molar-refractivity contribution in [3.05, 3.63) is 288 Å². The van der Waals surface area contributed by atoms with Crippen LogP contribution in [0.25, 0.3) is 0 Å². The Balaban J connectivity index is 0.000000168. The summed E-state index contributed by atoms with van der Waals surface area (Å²) in [5.74, 6) is 15.2. The van der Waals surface area contributed by atoms with Crippen LogP contribution in [0.4, 0.5) is 0 Å². The van der Waals surface area contributed by atoms with Gasteiger partial charge in [-0.25, -0.2) is 15.0 Å². The van der Waals surface area contributed by atoms with Crippen molar-refractivity contribution in [1.29, 1.82) is 10.5 Å². The Bertz CT molecular complexity index is 4520. The number of pyridine rings is 1. The highest BCUT2D eigenvalue weighted by Crippen LogP contribution is 2.37. The molecule has 4 unspecified atom stereocenters. The fourth-order valence-corrected chi connectivity index (χ4v) is 11.9. The largest absolute Gasteiger partial charge is 0.490 e. The zero-order valence-corrected chi connectivity index (χ0v) is 63.8. The van der Waals surface area contributed by atoms with E-state index in [0.29, 0.717) is 30.9 Å². The molecule has 10 aromatic rings. The van der Waals surface area contributed by atoms with Crippen LogP contribution in [-0.2, 0) is 34.3 Å². The van der Waals surface area contributed by atoms with Gasteiger partial charge in [0.25, 0.3) is 0 Å². The second-order valence-corrected chi connectivity index (χ2v) is 27.4. The van der Waals surface area contributed by atoms with Gasteiger partial charge >= 0.3 is 0 Å². The number of imidazole rings is 1. The number of hydrogen-bond acceptors (Lipinski definition) is 15. The third-order valence-corrected chi connectivity index (χ3v) is 17.4. The Kier molecular flexibility index (Phi) is 32.9. The summed E-state index contributed by atoms with van der Waals surface area (Å²) in [4.78, 5) is 17.5. The molecular weight excluding hydrogens is 1330 g/mol. The topological polar surface area (TPSA) is 162 Å². The maximum Gasteiger partial charge on any atom is 0.162 e. The molecule has 12 rings (SSSR count). The molecule has 2 aliphatic rings. The summed E-state index contributed by atoms with van der Waals surface area (Å²) in [6, 6.07) is 62.5. The van der Waals surface area contributed by atoms with E-state index >= 15 is 0 Å². The van der Waals surface area contributed by atoms with Gasteiger partial charge in [0.15, 0.2) is 35.2 Å². The van der Waals surface area contributed by atoms with Gasteiger partial charge in [-0.05, 0) is 212 Å². The first-order valence-corrected chi connectivity index (χ1v) is 36.8. The van der Waals surface area contributed by atoms with E-state index in [9.17, 15) is 0 Å². The van der Waals surface area contributed by atoms with E-state index in [4.69, 9.17) is 43.7 Å². The molecule has 2 saturated heterocycles. The Labute approximate surface area is 627 Å². The number of ether oxygens (including phenoxy) is 7. The van der Waals surface area contributed by atoms with Gasteiger partial charge in [0.05, 0.1) is 73.3 Å². The lowest BCUT2D eigenvalue weighted by Crippen LogP contribution is -2.44. The lowest BCUT2D eigenvalue weighted by atomic mass is 10.0. The third kappa shape index (κ3) is 28.0. The highest BCUT2D eigenvalue weighted by Gasteiger charge is 2.32. The predicted octanol–water partition coefficient (Wildman–Crippen LogP) is 17.3. The summed E-state index contributed by atoms with van der Waals surface area (Å²) in [5.41, 5.74) is 15.7. The zero-order valence-electron chi connectivity index (χ0n) is 63.0. The number of nitriles is 2. The molecule has 0 N–H and O–H groups in total. The van der Waals surface area contributed by atoms with E-state index in [-0.39, 0.29) is 24.4 Å². The van der Waals surface area contributed by atoms with E-state index in [2.05, 4.69) is 176 Å². The van der Waals surface area contributed by atoms with Crippen LogP contribution in [0.15, 0.2) is 194 Å². The summed E-state index contributed by atoms with van der Waals surface area (Å²) in [7, 11) is 6.24. The fourth-order valence-electron chi connectivity index (χ4n) is 11.3. The molecule has 105 heavy (non-hydrogen) atoms. The van der Waals surface area contributed by atoms with Gasteiger partial charge in [-0.2, -0.15) is 10.5 Å². The van der Waals surface area contributed by atoms with Crippen molar-refractivity contribution < 1.29 is 33.2 Å². The van der Waals surface area contributed by atoms with Crippen molar-refractivity contribution in [2.75, 3.05) is 73.3 Å². The Hall–Kier alpha value is -10.4. The number of likely N-dealkylation sites (N-methyl/N-ethyl adjacent to an activating group) is 2. The fraction of sp³-hybridized carbons (Fsp3) is 0.337. The van der Waals surface area contributed by atoms with E-state index in [0.717, 1.165) is 167 Å². The van der Waals surface area contributed by atoms with Crippen molar-refractivity contribution >= 4 is 11.3 Å². The average molecular weight is 1430 g/mol. The predicted molar refractivity (Wildman–Crippen MR) is 420 cm³/mol. The van der Waals surface area contributed by atoms with Crippen LogP contribution in [0.1, 0.15) is 140 Å². The number of nitrogens with zero attached hydrogens (tertiary/aromatic N) is 8. The van der Waals surface area contributed by atoms with Crippen LogP contribution in [-0.4, -0.2) is 115 Å². The quantitative estimate of drug-likeness (QED) is 0.0523. The number of hydrogen-bond donors (Lipinski definition) is 0. The third-order valence-electron chi connectivity index (χ3n) is 16.6. The molecule has 2 fully saturated rings. The van der Waals surface area contributed by atoms with Gasteiger partial charge < -0.3 is 47.5 Å². The molecule has 0 bridgehead atoms. The van der Waals surface area contributed by atoms with E-state index in [1.165, 1.54) is 11.1 Å². The molecule has 0 aliphatic carbocycles. The molecule has 0 amide bonds. The minimum Gasteiger partial charge on any atom is -0.490 e. The van der Waals surface area contributed by atoms with Gasteiger partial charge in [-0.3, -0.25) is 0 Å². The van der Waals surface area contributed by atoms with Gasteiger partial charge in [0, 0.05) is 68.2 Å². The van der Waals surface area contributed by atoms with Crippen molar-refractivity contribution in [3.8, 4) is 58.8 Å². The highest BCUT2D eigenvalue weighted by atomic mass is 32.1. The molecule has 2 aliphatic heterocycles. The minimum absolute atomic E-state index is 0.0171. The van der Waals surface area contributed by atoms with Crippen LogP contribution < -0.4 is 18.9 Å². The number of morpholine rings is 2. The smallest absolute Gasteiger partial charge is 0.162 e. The maximum atomic E-state index is 8.90. The van der Waals surface area contributed by atoms with Gasteiger partial charge in [-0.1, -0.05) is 134 Å². The normalized spacial score (nSPS) is 14.4. The maximum absolute atomic E-state index is 8.90. The molecule has 7 aromatic carbocycles. The molecule has 16 heteroatoms. The number of thiazole rings is 1. The molecule has 0 radical (unpaired) electrons. The Morgan fingerprint density at radius 1 is 0.514 bits per heavy atom. The standard InChI is InChI=1S/2C22H29NO3.C16H12N2.C15H20N2O.C14H10N2S/c1-4-13-24-20-15-17(2)10-11-19(20)26-22(18-8-6-5-7-9-18)21-16-23(3)12-14-25-21;1-4-13-24-19-11-10-17(2)15-20(19)26-22(18-8-6-5-7-9-18)21-16-23(3)12-14-25-21;1-12-8-14(10-15(9-12)11-17)6-7-16-5-3-4-13(2)18-16;1-13-5-7-14(8-6-13)11-18-9-3-4-15-10-17(2)12-16-15;1-10-5-12(7-13(6-10)8-15)3-4-14-9-17-11(2)16-14/h2*5-11,15,21-22H,4,12-14,16H2,1-3H3;3-5,8-10H,1-2H3;5-8,10,12H,3-4,9,11H2,1-2H3;5-7,9H,1-2H3. The molecule has 4 atom stereocenters. The van der Waals surface area contributed by atoms with E-state index in [1.54, 1.807) is 23.5 Å². The molecule has 3 aromatic heterocycles. The molecule has 0 spiro atoms. The molecule has 544 valence electrons. The SMILES string of the molecule is CCCOc1cc(C)ccc1OC(c1ccccc1)C1CN(C)CCO1.CCCOc1ccc(C)cc1OC(c1ccccc1)C1CN(C)CCO1.Cc1cc(C#N)cc(C#Cc2cccc(C)n2)c1.Cc1cc(C#N)cc(C#Cc2csc(C)n2)c1.Cc1ccc(COCCCc2cn(C)cn2)cc1. The van der Waals surface area contributed by atoms with E-state index < -0.39 is 0 Å². The lowest BCUT2D eigenvalue weighted by Gasteiger charge is -2.35. The summed E-state index contributed by atoms with van der Waals surface area (Å²) in [6.45, 7) is 26.1. The van der Waals surface area contributed by atoms with E-state index in [1.807, 2.05) is 154 Å². The number of aryl methyl sites for hydroxylation is 9. The van der Waals surface area contributed by atoms with Crippen LogP contribution in [0.3, 0.4) is 0 Å². The van der Waals surface area contributed by atoms with Gasteiger partial charge in [0.2, 0.25) is 0 Å². The highest BCUT2D eigenvalue weighted by molar-refractivity contribution is 7.09. The minimum atomic E-state index is -0.176. The zero-order chi connectivity index (χ0) is 74.7. The summed E-state index contributed by atoms with van der Waals surface area (Å²) in [6.07, 6.45) is 7.43. The van der Waals surface area contributed by atoms with Crippen molar-refractivity contribution in [3.63, 3.8) is 0 Å². The first kappa shape index (κ1) is 80.3. The van der Waals surface area contributed by atoms with Crippen LogP contribution >= 0.6 is 11.3 Å². The monoisotopic (exact) mass is 1420 g/mol. The molecular formula is C89H100N8O7S. The summed E-state index contributed by atoms with van der Waals surface area (Å²) >= 11 is 1.58. The Morgan fingerprint density at radius 3 is 1.55 bits per heavy atom. The second kappa shape index (κ2) is 43.0. The molecule has 5 heterocycles. The number of rotatable bonds is 20. The van der Waals surface area contributed by atoms with Crippen molar-refractivity contribution in [2.24, 2.45) is 7.05 Å². The van der Waals surface area contributed by atoms with Gasteiger partial charge in [-0.15, -0.1) is 11.3 Å². The molecule has 0 saturated carbocycles. The van der Waals surface area contributed by atoms with Crippen LogP contribution in [0, 0.1) is 94.8 Å². The van der Waals surface area contributed by atoms with Gasteiger partial charge in [0.1, 0.15) is 23.6 Å². The number of aromatic nitrogens is 4. The van der Waals surface area contributed by atoms with Crippen molar-refractivity contribution in [2.45, 2.75) is 119 Å².